The second kappa shape index (κ2) is 13.5. The highest BCUT2D eigenvalue weighted by molar-refractivity contribution is 6.13. The van der Waals surface area contributed by atoms with Gasteiger partial charge in [0.15, 0.2) is 0 Å². The summed E-state index contributed by atoms with van der Waals surface area (Å²) in [5, 5.41) is 9.83. The molecule has 2 heterocycles. The second-order valence-electron chi connectivity index (χ2n) is 15.6. The Morgan fingerprint density at radius 2 is 1.07 bits per heavy atom. The van der Waals surface area contributed by atoms with Crippen LogP contribution in [0.5, 0.6) is 0 Å². The fraction of sp³-hybridized carbons (Fsp3) is 0.0357. The maximum absolute atomic E-state index is 6.39. The molecule has 0 saturated carbocycles. The number of rotatable bonds is 6. The highest BCUT2D eigenvalue weighted by Crippen LogP contribution is 2.45. The minimum absolute atomic E-state index is 0.0494. The smallest absolute Gasteiger partial charge is 0.135 e. The third kappa shape index (κ3) is 5.43. The van der Waals surface area contributed by atoms with Crippen LogP contribution >= 0.6 is 0 Å². The van der Waals surface area contributed by atoms with Gasteiger partial charge in [-0.1, -0.05) is 152 Å². The summed E-state index contributed by atoms with van der Waals surface area (Å²) in [5.41, 5.74) is 12.6. The monoisotopic (exact) mass is 754 g/mol. The number of nitrogens with zero attached hydrogens (tertiary/aromatic N) is 2. The molecule has 0 radical (unpaired) electrons. The van der Waals surface area contributed by atoms with Gasteiger partial charge in [0.1, 0.15) is 11.2 Å². The summed E-state index contributed by atoms with van der Waals surface area (Å²) >= 11 is 0. The minimum Gasteiger partial charge on any atom is -0.456 e. The van der Waals surface area contributed by atoms with Crippen molar-refractivity contribution in [2.45, 2.75) is 12.5 Å². The maximum atomic E-state index is 6.39. The van der Waals surface area contributed by atoms with Crippen molar-refractivity contribution in [2.75, 3.05) is 4.90 Å². The number of benzene rings is 9. The lowest BCUT2D eigenvalue weighted by atomic mass is 9.82. The van der Waals surface area contributed by atoms with Crippen molar-refractivity contribution in [3.8, 4) is 5.69 Å². The molecule has 1 unspecified atom stereocenters. The lowest BCUT2D eigenvalue weighted by molar-refractivity contribution is 0.669. The minimum atomic E-state index is -0.0494. The van der Waals surface area contributed by atoms with E-state index in [1.54, 1.807) is 0 Å². The number of furan rings is 1. The van der Waals surface area contributed by atoms with Crippen molar-refractivity contribution in [3.05, 3.63) is 223 Å². The van der Waals surface area contributed by atoms with E-state index in [9.17, 15) is 0 Å². The van der Waals surface area contributed by atoms with Crippen LogP contribution in [0.4, 0.5) is 11.4 Å². The Bertz CT molecular complexity index is 3440. The summed E-state index contributed by atoms with van der Waals surface area (Å²) in [7, 11) is 0. The summed E-state index contributed by atoms with van der Waals surface area (Å²) < 4.78 is 8.80. The molecule has 12 rings (SSSR count). The number of allylic oxidation sites excluding steroid dienone is 2. The molecular weight excluding hydrogens is 717 g/mol. The van der Waals surface area contributed by atoms with Crippen LogP contribution in [0.25, 0.3) is 82.1 Å². The van der Waals surface area contributed by atoms with Gasteiger partial charge in [-0.25, -0.2) is 0 Å². The molecule has 59 heavy (non-hydrogen) atoms. The zero-order valence-electron chi connectivity index (χ0n) is 32.3. The average Bonchev–Trinajstić information content (AvgIpc) is 3.85. The van der Waals surface area contributed by atoms with Gasteiger partial charge >= 0.3 is 0 Å². The normalized spacial score (nSPS) is 14.4. The predicted octanol–water partition coefficient (Wildman–Crippen LogP) is 15.1. The summed E-state index contributed by atoms with van der Waals surface area (Å²) in [6.45, 7) is 0. The van der Waals surface area contributed by atoms with Crippen molar-refractivity contribution in [3.63, 3.8) is 0 Å². The predicted molar refractivity (Wildman–Crippen MR) is 249 cm³/mol. The standard InChI is InChI=1S/C56H38N2O/c1-2-15-37(16-3-1)44-31-29-39(50-33-38-17-4-5-20-43(38)45-21-6-7-22-46(45)50)34-54(44)57(42-30-32-56-51(36-42)49-25-10-13-28-55(49)59-56)40-18-14-19-41(35-40)58-52-26-11-8-23-47(52)48-24-9-12-27-53(48)58/h1-33,35-36,54H,34H2. The van der Waals surface area contributed by atoms with Crippen molar-refractivity contribution in [1.82, 2.24) is 4.57 Å². The van der Waals surface area contributed by atoms with E-state index >= 15 is 0 Å². The molecule has 0 aliphatic heterocycles. The number of para-hydroxylation sites is 3. The fourth-order valence-electron chi connectivity index (χ4n) is 9.71. The largest absolute Gasteiger partial charge is 0.456 e. The first-order valence-corrected chi connectivity index (χ1v) is 20.4. The van der Waals surface area contributed by atoms with Gasteiger partial charge in [0.25, 0.3) is 0 Å². The van der Waals surface area contributed by atoms with E-state index in [4.69, 9.17) is 4.42 Å². The molecule has 2 aromatic heterocycles. The Kier molecular flexibility index (Phi) is 7.67. The number of aromatic nitrogens is 1. The molecule has 11 aromatic rings. The number of hydrogen-bond acceptors (Lipinski definition) is 2. The molecule has 0 bridgehead atoms. The summed E-state index contributed by atoms with van der Waals surface area (Å²) in [5.74, 6) is 0. The van der Waals surface area contributed by atoms with Crippen LogP contribution in [0.2, 0.25) is 0 Å². The number of hydrogen-bond donors (Lipinski definition) is 0. The van der Waals surface area contributed by atoms with Gasteiger partial charge in [0, 0.05) is 38.6 Å². The van der Waals surface area contributed by atoms with Crippen LogP contribution in [0.15, 0.2) is 217 Å². The van der Waals surface area contributed by atoms with Gasteiger partial charge in [-0.3, -0.25) is 0 Å². The van der Waals surface area contributed by atoms with Crippen LogP contribution in [0.1, 0.15) is 17.5 Å². The average molecular weight is 755 g/mol. The van der Waals surface area contributed by atoms with Crippen LogP contribution < -0.4 is 4.90 Å². The second-order valence-corrected chi connectivity index (χ2v) is 15.6. The first kappa shape index (κ1) is 33.5. The van der Waals surface area contributed by atoms with Crippen molar-refractivity contribution in [2.24, 2.45) is 0 Å². The molecule has 1 aliphatic rings. The lowest BCUT2D eigenvalue weighted by Gasteiger charge is -2.38. The molecule has 3 nitrogen and oxygen atoms in total. The van der Waals surface area contributed by atoms with Crippen LogP contribution in [0.3, 0.4) is 0 Å². The Labute approximate surface area is 342 Å². The Morgan fingerprint density at radius 1 is 0.441 bits per heavy atom. The zero-order chi connectivity index (χ0) is 38.9. The first-order valence-electron chi connectivity index (χ1n) is 20.4. The quantitative estimate of drug-likeness (QED) is 0.158. The van der Waals surface area contributed by atoms with E-state index in [1.165, 1.54) is 65.6 Å². The summed E-state index contributed by atoms with van der Waals surface area (Å²) in [6.07, 6.45) is 5.54. The molecule has 9 aromatic carbocycles. The van der Waals surface area contributed by atoms with Gasteiger partial charge < -0.3 is 13.9 Å². The molecule has 1 atom stereocenters. The molecular formula is C56H38N2O. The lowest BCUT2D eigenvalue weighted by Crippen LogP contribution is -2.34. The zero-order valence-corrected chi connectivity index (χ0v) is 32.3. The molecule has 1 aliphatic carbocycles. The van der Waals surface area contributed by atoms with Crippen molar-refractivity contribution in [1.29, 1.82) is 0 Å². The van der Waals surface area contributed by atoms with Gasteiger partial charge in [-0.15, -0.1) is 0 Å². The Hall–Kier alpha value is -7.62. The Morgan fingerprint density at radius 3 is 1.86 bits per heavy atom. The molecule has 3 heteroatoms. The van der Waals surface area contributed by atoms with Gasteiger partial charge in [0.2, 0.25) is 0 Å². The molecule has 0 N–H and O–H groups in total. The molecule has 0 spiro atoms. The van der Waals surface area contributed by atoms with Crippen LogP contribution in [0, 0.1) is 0 Å². The SMILES string of the molecule is C1=C(c2cc3ccccc3c3ccccc23)CC(N(c2cccc(-n3c4ccccc4c4ccccc43)c2)c2ccc3oc4ccccc4c3c2)C(c2ccccc2)=C1. The van der Waals surface area contributed by atoms with E-state index in [-0.39, 0.29) is 6.04 Å². The fourth-order valence-corrected chi connectivity index (χ4v) is 9.71. The molecule has 278 valence electrons. The summed E-state index contributed by atoms with van der Waals surface area (Å²) in [6, 6.07) is 72.6. The third-order valence-electron chi connectivity index (χ3n) is 12.4. The van der Waals surface area contributed by atoms with E-state index in [1.807, 2.05) is 6.07 Å². The van der Waals surface area contributed by atoms with Crippen LogP contribution in [-0.4, -0.2) is 10.6 Å². The topological polar surface area (TPSA) is 21.3 Å². The molecule has 0 amide bonds. The van der Waals surface area contributed by atoms with Crippen molar-refractivity contribution >= 4 is 87.8 Å². The third-order valence-corrected chi connectivity index (χ3v) is 12.4. The van der Waals surface area contributed by atoms with E-state index < -0.39 is 0 Å². The highest BCUT2D eigenvalue weighted by Gasteiger charge is 2.31. The van der Waals surface area contributed by atoms with Gasteiger partial charge in [-0.05, 0) is 111 Å². The van der Waals surface area contributed by atoms with E-state index in [0.717, 1.165) is 45.4 Å². The Balaban J connectivity index is 1.10. The van der Waals surface area contributed by atoms with Gasteiger partial charge in [0.05, 0.1) is 17.1 Å². The summed E-state index contributed by atoms with van der Waals surface area (Å²) in [4.78, 5) is 2.58. The first-order chi connectivity index (χ1) is 29.3. The van der Waals surface area contributed by atoms with Gasteiger partial charge in [-0.2, -0.15) is 0 Å². The van der Waals surface area contributed by atoms with E-state index in [0.29, 0.717) is 0 Å². The molecule has 0 fully saturated rings. The highest BCUT2D eigenvalue weighted by atomic mass is 16.3. The van der Waals surface area contributed by atoms with Crippen molar-refractivity contribution < 1.29 is 4.42 Å². The number of anilines is 2. The number of fused-ring (bicyclic) bond motifs is 9. The molecule has 0 saturated heterocycles. The maximum Gasteiger partial charge on any atom is 0.135 e. The van der Waals surface area contributed by atoms with Crippen LogP contribution in [-0.2, 0) is 0 Å². The van der Waals surface area contributed by atoms with E-state index in [2.05, 4.69) is 216 Å².